The molecule has 3 rings (SSSR count). The minimum absolute atomic E-state index is 0.558. The average molecular weight is 347 g/mol. The molecule has 21 heavy (non-hydrogen) atoms. The molecule has 108 valence electrons. The highest BCUT2D eigenvalue weighted by atomic mass is 79.9. The lowest BCUT2D eigenvalue weighted by molar-refractivity contribution is 1.10. The first-order valence-corrected chi connectivity index (χ1v) is 7.45. The monoisotopic (exact) mass is 346 g/mol. The lowest BCUT2D eigenvalue weighted by Crippen LogP contribution is -2.05. The third-order valence-corrected chi connectivity index (χ3v) is 3.65. The zero-order valence-corrected chi connectivity index (χ0v) is 13.3. The molecule has 0 bridgehead atoms. The number of imidazole rings is 1. The maximum atomic E-state index is 4.50. The molecule has 0 spiro atoms. The van der Waals surface area contributed by atoms with Gasteiger partial charge in [0.1, 0.15) is 5.52 Å². The van der Waals surface area contributed by atoms with E-state index in [0.29, 0.717) is 17.4 Å². The number of nitrogens with zero attached hydrogens (tertiary/aromatic N) is 3. The van der Waals surface area contributed by atoms with Gasteiger partial charge < -0.3 is 15.6 Å². The summed E-state index contributed by atoms with van der Waals surface area (Å²) < 4.78 is 0.985. The highest BCUT2D eigenvalue weighted by molar-refractivity contribution is 9.10. The molecule has 0 aliphatic carbocycles. The van der Waals surface area contributed by atoms with Crippen molar-refractivity contribution in [1.82, 2.24) is 19.9 Å². The summed E-state index contributed by atoms with van der Waals surface area (Å²) in [6.07, 6.45) is 1.62. The van der Waals surface area contributed by atoms with E-state index in [1.807, 2.05) is 19.1 Å². The molecular weight excluding hydrogens is 332 g/mol. The lowest BCUT2D eigenvalue weighted by atomic mass is 10.2. The molecule has 0 fully saturated rings. The van der Waals surface area contributed by atoms with Crippen LogP contribution in [0.1, 0.15) is 12.5 Å². The zero-order chi connectivity index (χ0) is 14.8. The molecule has 7 heteroatoms. The van der Waals surface area contributed by atoms with Crippen LogP contribution >= 0.6 is 15.9 Å². The van der Waals surface area contributed by atoms with Crippen LogP contribution in [-0.2, 0) is 0 Å². The van der Waals surface area contributed by atoms with Gasteiger partial charge in [-0.1, -0.05) is 6.07 Å². The van der Waals surface area contributed by atoms with Crippen LogP contribution in [0, 0.1) is 6.92 Å². The number of aromatic amines is 1. The second-order valence-corrected chi connectivity index (χ2v) is 5.49. The van der Waals surface area contributed by atoms with Gasteiger partial charge in [-0.2, -0.15) is 9.97 Å². The molecule has 2 aromatic heterocycles. The van der Waals surface area contributed by atoms with Crippen LogP contribution < -0.4 is 10.6 Å². The van der Waals surface area contributed by atoms with E-state index < -0.39 is 0 Å². The van der Waals surface area contributed by atoms with Crippen LogP contribution in [-0.4, -0.2) is 26.5 Å². The zero-order valence-electron chi connectivity index (χ0n) is 11.7. The van der Waals surface area contributed by atoms with E-state index in [1.54, 1.807) is 6.33 Å². The van der Waals surface area contributed by atoms with Crippen molar-refractivity contribution in [3.63, 3.8) is 0 Å². The quantitative estimate of drug-likeness (QED) is 0.672. The fraction of sp³-hybridized carbons (Fsp3) is 0.214. The Morgan fingerprint density at radius 1 is 1.29 bits per heavy atom. The van der Waals surface area contributed by atoms with E-state index >= 15 is 0 Å². The first kappa shape index (κ1) is 13.8. The topological polar surface area (TPSA) is 78.5 Å². The summed E-state index contributed by atoms with van der Waals surface area (Å²) in [6.45, 7) is 4.81. The van der Waals surface area contributed by atoms with Crippen LogP contribution in [0.25, 0.3) is 11.2 Å². The first-order valence-electron chi connectivity index (χ1n) is 6.65. The summed E-state index contributed by atoms with van der Waals surface area (Å²) in [5.41, 5.74) is 3.54. The summed E-state index contributed by atoms with van der Waals surface area (Å²) >= 11 is 3.56. The SMILES string of the molecule is CCNc1nc(Nc2ccc(C)cc2Br)c2[nH]cnc2n1. The highest BCUT2D eigenvalue weighted by Crippen LogP contribution is 2.28. The van der Waals surface area contributed by atoms with Gasteiger partial charge in [0.2, 0.25) is 5.95 Å². The van der Waals surface area contributed by atoms with E-state index in [4.69, 9.17) is 0 Å². The molecule has 2 heterocycles. The summed E-state index contributed by atoms with van der Waals surface area (Å²) in [5, 5.41) is 6.43. The van der Waals surface area contributed by atoms with Gasteiger partial charge in [0.25, 0.3) is 0 Å². The Balaban J connectivity index is 2.04. The smallest absolute Gasteiger partial charge is 0.226 e. The van der Waals surface area contributed by atoms with E-state index in [9.17, 15) is 0 Å². The van der Waals surface area contributed by atoms with Gasteiger partial charge in [-0.05, 0) is 47.5 Å². The Morgan fingerprint density at radius 2 is 2.14 bits per heavy atom. The highest BCUT2D eigenvalue weighted by Gasteiger charge is 2.11. The van der Waals surface area contributed by atoms with E-state index in [-0.39, 0.29) is 0 Å². The van der Waals surface area contributed by atoms with Crippen LogP contribution in [0.15, 0.2) is 29.0 Å². The number of aromatic nitrogens is 4. The third kappa shape index (κ3) is 2.82. The maximum Gasteiger partial charge on any atom is 0.226 e. The molecule has 0 saturated carbocycles. The molecule has 0 saturated heterocycles. The summed E-state index contributed by atoms with van der Waals surface area (Å²) in [4.78, 5) is 16.1. The molecule has 0 unspecified atom stereocenters. The fourth-order valence-electron chi connectivity index (χ4n) is 2.01. The van der Waals surface area contributed by atoms with Crippen LogP contribution in [0.2, 0.25) is 0 Å². The largest absolute Gasteiger partial charge is 0.354 e. The Labute approximate surface area is 130 Å². The van der Waals surface area contributed by atoms with Crippen LogP contribution in [0.4, 0.5) is 17.5 Å². The molecule has 3 aromatic rings. The van der Waals surface area contributed by atoms with Crippen molar-refractivity contribution in [2.24, 2.45) is 0 Å². The average Bonchev–Trinajstić information content (AvgIpc) is 2.91. The lowest BCUT2D eigenvalue weighted by Gasteiger charge is -2.10. The van der Waals surface area contributed by atoms with Crippen molar-refractivity contribution in [3.8, 4) is 0 Å². The summed E-state index contributed by atoms with van der Waals surface area (Å²) in [5.74, 6) is 1.25. The second-order valence-electron chi connectivity index (χ2n) is 4.64. The standard InChI is InChI=1S/C14H15BrN6/c1-3-16-14-20-12-11(17-7-18-12)13(21-14)19-10-5-4-8(2)6-9(10)15/h4-7H,3H2,1-2H3,(H3,16,17,18,19,20,21). The summed E-state index contributed by atoms with van der Waals surface area (Å²) in [6, 6.07) is 6.11. The predicted molar refractivity (Wildman–Crippen MR) is 88.0 cm³/mol. The number of hydrogen-bond donors (Lipinski definition) is 3. The minimum Gasteiger partial charge on any atom is -0.354 e. The predicted octanol–water partition coefficient (Wildman–Crippen LogP) is 3.60. The Bertz CT molecular complexity index is 782. The van der Waals surface area contributed by atoms with Crippen molar-refractivity contribution in [2.45, 2.75) is 13.8 Å². The van der Waals surface area contributed by atoms with Gasteiger partial charge in [-0.3, -0.25) is 0 Å². The first-order chi connectivity index (χ1) is 10.2. The molecule has 6 nitrogen and oxygen atoms in total. The number of H-pyrrole nitrogens is 1. The number of nitrogens with one attached hydrogen (secondary N) is 3. The third-order valence-electron chi connectivity index (χ3n) is 3.00. The molecule has 1 aromatic carbocycles. The van der Waals surface area contributed by atoms with Crippen molar-refractivity contribution >= 4 is 44.5 Å². The fourth-order valence-corrected chi connectivity index (χ4v) is 2.60. The van der Waals surface area contributed by atoms with Crippen LogP contribution in [0.5, 0.6) is 0 Å². The van der Waals surface area contributed by atoms with Gasteiger partial charge in [-0.15, -0.1) is 0 Å². The van der Waals surface area contributed by atoms with E-state index in [0.717, 1.165) is 22.2 Å². The Kier molecular flexibility index (Phi) is 3.74. The van der Waals surface area contributed by atoms with E-state index in [1.165, 1.54) is 5.56 Å². The van der Waals surface area contributed by atoms with Gasteiger partial charge >= 0.3 is 0 Å². The number of rotatable bonds is 4. The van der Waals surface area contributed by atoms with Crippen molar-refractivity contribution < 1.29 is 0 Å². The van der Waals surface area contributed by atoms with Crippen molar-refractivity contribution in [1.29, 1.82) is 0 Å². The van der Waals surface area contributed by atoms with Crippen LogP contribution in [0.3, 0.4) is 0 Å². The van der Waals surface area contributed by atoms with E-state index in [2.05, 4.69) is 59.5 Å². The molecule has 0 aliphatic heterocycles. The minimum atomic E-state index is 0.558. The number of anilines is 3. The Hall–Kier alpha value is -2.15. The number of halogens is 1. The van der Waals surface area contributed by atoms with Gasteiger partial charge in [0.05, 0.1) is 12.0 Å². The number of hydrogen-bond acceptors (Lipinski definition) is 5. The van der Waals surface area contributed by atoms with Gasteiger partial charge in [0, 0.05) is 11.0 Å². The molecule has 0 aliphatic rings. The van der Waals surface area contributed by atoms with Gasteiger partial charge in [0.15, 0.2) is 11.5 Å². The molecule has 0 atom stereocenters. The molecule has 0 radical (unpaired) electrons. The normalized spacial score (nSPS) is 10.8. The summed E-state index contributed by atoms with van der Waals surface area (Å²) in [7, 11) is 0. The maximum absolute atomic E-state index is 4.50. The second kappa shape index (κ2) is 5.69. The van der Waals surface area contributed by atoms with Crippen molar-refractivity contribution in [3.05, 3.63) is 34.6 Å². The van der Waals surface area contributed by atoms with Crippen molar-refractivity contribution in [2.75, 3.05) is 17.2 Å². The number of fused-ring (bicyclic) bond motifs is 1. The molecule has 0 amide bonds. The van der Waals surface area contributed by atoms with Gasteiger partial charge in [-0.25, -0.2) is 4.98 Å². The number of benzene rings is 1. The molecular formula is C14H15BrN6. The number of aryl methyl sites for hydroxylation is 1. The molecule has 3 N–H and O–H groups in total. The Morgan fingerprint density at radius 3 is 2.90 bits per heavy atom.